The number of nitrogens with zero attached hydrogens (tertiary/aromatic N) is 3. The number of aromatic nitrogens is 2. The number of piperidine rings is 1. The average molecular weight is 509 g/mol. The second-order valence-corrected chi connectivity index (χ2v) is 11.0. The molecule has 1 aromatic heterocycles. The average Bonchev–Trinajstić information content (AvgIpc) is 3.14. The Balaban J connectivity index is 1.36. The Labute approximate surface area is 218 Å². The van der Waals surface area contributed by atoms with Gasteiger partial charge in [-0.3, -0.25) is 19.3 Å². The zero-order chi connectivity index (χ0) is 25.8. The maximum absolute atomic E-state index is 13.8. The number of carbonyl (C=O) groups is 2. The number of ether oxygens (including phenoxy) is 1. The van der Waals surface area contributed by atoms with E-state index in [0.29, 0.717) is 23.8 Å². The number of para-hydroxylation sites is 2. The van der Waals surface area contributed by atoms with Crippen LogP contribution in [0.15, 0.2) is 29.1 Å². The molecule has 2 aliphatic heterocycles. The fourth-order valence-corrected chi connectivity index (χ4v) is 7.02. The molecular formula is C29H40N4O4. The third-order valence-corrected chi connectivity index (χ3v) is 8.73. The fraction of sp³-hybridized carbons (Fsp3) is 0.655. The Hall–Kier alpha value is -2.74. The summed E-state index contributed by atoms with van der Waals surface area (Å²) >= 11 is 0. The van der Waals surface area contributed by atoms with Crippen molar-refractivity contribution in [3.63, 3.8) is 0 Å². The summed E-state index contributed by atoms with van der Waals surface area (Å²) < 4.78 is 6.56. The summed E-state index contributed by atoms with van der Waals surface area (Å²) in [6.45, 7) is -0.174. The van der Waals surface area contributed by atoms with Gasteiger partial charge in [0.05, 0.1) is 18.1 Å². The van der Waals surface area contributed by atoms with Gasteiger partial charge in [0.25, 0.3) is 5.56 Å². The standard InChI is InChI=1S/C29H40N4O4/c1-37-28(35)19-30-27(34)16-15-25-29(36)33(26-12-8-7-11-24(26)31-25)23-17-21-13-14-22(18-23)32(21)20-9-5-3-2-4-6-10-20/h7-8,11-12,20-23H,2-6,9-10,13-19H2,1H3,(H,30,34)/t21-,22+,23?. The molecular weight excluding hydrogens is 468 g/mol. The van der Waals surface area contributed by atoms with Crippen LogP contribution < -0.4 is 10.9 Å². The molecule has 3 fully saturated rings. The van der Waals surface area contributed by atoms with Gasteiger partial charge in [-0.05, 0) is 50.7 Å². The summed E-state index contributed by atoms with van der Waals surface area (Å²) in [6, 6.07) is 9.79. The quantitative estimate of drug-likeness (QED) is 0.570. The second kappa shape index (κ2) is 11.8. The Morgan fingerprint density at radius 2 is 1.62 bits per heavy atom. The van der Waals surface area contributed by atoms with Crippen LogP contribution in [0.3, 0.4) is 0 Å². The van der Waals surface area contributed by atoms with Crippen molar-refractivity contribution in [2.75, 3.05) is 13.7 Å². The highest BCUT2D eigenvalue weighted by atomic mass is 16.5. The number of amides is 1. The molecule has 2 bridgehead atoms. The Morgan fingerprint density at radius 1 is 0.946 bits per heavy atom. The van der Waals surface area contributed by atoms with Gasteiger partial charge >= 0.3 is 5.97 Å². The Morgan fingerprint density at radius 3 is 2.32 bits per heavy atom. The van der Waals surface area contributed by atoms with Crippen molar-refractivity contribution < 1.29 is 14.3 Å². The van der Waals surface area contributed by atoms with Crippen molar-refractivity contribution in [3.05, 3.63) is 40.3 Å². The van der Waals surface area contributed by atoms with Gasteiger partial charge in [0.1, 0.15) is 12.2 Å². The van der Waals surface area contributed by atoms with Crippen LogP contribution in [0.4, 0.5) is 0 Å². The molecule has 3 atom stereocenters. The number of hydrogen-bond donors (Lipinski definition) is 1. The molecule has 1 N–H and O–H groups in total. The number of carbonyl (C=O) groups excluding carboxylic acids is 2. The maximum Gasteiger partial charge on any atom is 0.325 e. The van der Waals surface area contributed by atoms with E-state index in [1.165, 1.54) is 64.9 Å². The number of rotatable bonds is 7. The molecule has 200 valence electrons. The number of esters is 1. The minimum atomic E-state index is -0.500. The maximum atomic E-state index is 13.8. The highest BCUT2D eigenvalue weighted by molar-refractivity contribution is 5.82. The first-order chi connectivity index (χ1) is 18.0. The van der Waals surface area contributed by atoms with Crippen LogP contribution in [-0.4, -0.2) is 58.1 Å². The highest BCUT2D eigenvalue weighted by Gasteiger charge is 2.44. The van der Waals surface area contributed by atoms with Crippen molar-refractivity contribution in [3.8, 4) is 0 Å². The van der Waals surface area contributed by atoms with Gasteiger partial charge in [-0.2, -0.15) is 0 Å². The molecule has 3 heterocycles. The van der Waals surface area contributed by atoms with Crippen LogP contribution in [0.5, 0.6) is 0 Å². The molecule has 8 heteroatoms. The van der Waals surface area contributed by atoms with E-state index in [-0.39, 0.29) is 36.9 Å². The zero-order valence-corrected chi connectivity index (χ0v) is 22.0. The summed E-state index contributed by atoms with van der Waals surface area (Å²) in [4.78, 5) is 44.9. The van der Waals surface area contributed by atoms with Crippen molar-refractivity contribution in [1.82, 2.24) is 19.8 Å². The minimum Gasteiger partial charge on any atom is -0.468 e. The lowest BCUT2D eigenvalue weighted by atomic mass is 9.89. The lowest BCUT2D eigenvalue weighted by Crippen LogP contribution is -2.50. The predicted octanol–water partition coefficient (Wildman–Crippen LogP) is 3.90. The second-order valence-electron chi connectivity index (χ2n) is 11.0. The van der Waals surface area contributed by atoms with Crippen molar-refractivity contribution in [2.45, 2.75) is 108 Å². The molecule has 1 saturated carbocycles. The largest absolute Gasteiger partial charge is 0.468 e. The molecule has 2 aromatic rings. The van der Waals surface area contributed by atoms with E-state index in [2.05, 4.69) is 19.9 Å². The minimum absolute atomic E-state index is 0.0803. The third-order valence-electron chi connectivity index (χ3n) is 8.73. The van der Waals surface area contributed by atoms with Gasteiger partial charge in [0.2, 0.25) is 5.91 Å². The van der Waals surface area contributed by atoms with Crippen molar-refractivity contribution in [2.24, 2.45) is 0 Å². The van der Waals surface area contributed by atoms with E-state index < -0.39 is 5.97 Å². The van der Waals surface area contributed by atoms with Crippen molar-refractivity contribution in [1.29, 1.82) is 0 Å². The monoisotopic (exact) mass is 508 g/mol. The van der Waals surface area contributed by atoms with Crippen LogP contribution in [0.25, 0.3) is 11.0 Å². The molecule has 8 nitrogen and oxygen atoms in total. The molecule has 1 unspecified atom stereocenters. The van der Waals surface area contributed by atoms with E-state index in [1.807, 2.05) is 28.8 Å². The number of methoxy groups -OCH3 is 1. The summed E-state index contributed by atoms with van der Waals surface area (Å²) in [6.07, 6.45) is 14.2. The number of nitrogens with one attached hydrogen (secondary N) is 1. The molecule has 1 aliphatic carbocycles. The zero-order valence-electron chi connectivity index (χ0n) is 22.0. The summed E-state index contributed by atoms with van der Waals surface area (Å²) in [5, 5.41) is 2.55. The van der Waals surface area contributed by atoms with Crippen molar-refractivity contribution >= 4 is 22.9 Å². The molecule has 0 radical (unpaired) electrons. The van der Waals surface area contributed by atoms with E-state index >= 15 is 0 Å². The smallest absolute Gasteiger partial charge is 0.325 e. The predicted molar refractivity (Wildman–Crippen MR) is 142 cm³/mol. The lowest BCUT2D eigenvalue weighted by Gasteiger charge is -2.45. The van der Waals surface area contributed by atoms with E-state index in [1.54, 1.807) is 0 Å². The van der Waals surface area contributed by atoms with Gasteiger partial charge in [0, 0.05) is 37.0 Å². The van der Waals surface area contributed by atoms with E-state index in [4.69, 9.17) is 0 Å². The van der Waals surface area contributed by atoms with Gasteiger partial charge in [-0.15, -0.1) is 0 Å². The van der Waals surface area contributed by atoms with Crippen LogP contribution >= 0.6 is 0 Å². The molecule has 5 rings (SSSR count). The fourth-order valence-electron chi connectivity index (χ4n) is 7.02. The summed E-state index contributed by atoms with van der Waals surface area (Å²) in [7, 11) is 1.28. The number of fused-ring (bicyclic) bond motifs is 3. The van der Waals surface area contributed by atoms with Crippen LogP contribution in [-0.2, 0) is 20.7 Å². The normalized spacial score (nSPS) is 24.9. The summed E-state index contributed by atoms with van der Waals surface area (Å²) in [5.41, 5.74) is 2.02. The molecule has 1 aromatic carbocycles. The van der Waals surface area contributed by atoms with Crippen LogP contribution in [0.1, 0.15) is 88.8 Å². The first-order valence-electron chi connectivity index (χ1n) is 14.2. The first kappa shape index (κ1) is 25.9. The van der Waals surface area contributed by atoms with Gasteiger partial charge in [-0.25, -0.2) is 4.98 Å². The summed E-state index contributed by atoms with van der Waals surface area (Å²) in [5.74, 6) is -0.795. The highest BCUT2D eigenvalue weighted by Crippen LogP contribution is 2.44. The Kier molecular flexibility index (Phi) is 8.23. The molecule has 2 saturated heterocycles. The number of hydrogen-bond acceptors (Lipinski definition) is 6. The van der Waals surface area contributed by atoms with Crippen LogP contribution in [0.2, 0.25) is 0 Å². The molecule has 1 amide bonds. The van der Waals surface area contributed by atoms with Gasteiger partial charge in [-0.1, -0.05) is 44.2 Å². The molecule has 37 heavy (non-hydrogen) atoms. The van der Waals surface area contributed by atoms with Crippen LogP contribution in [0, 0.1) is 0 Å². The molecule has 3 aliphatic rings. The Bertz CT molecular complexity index is 1160. The van der Waals surface area contributed by atoms with Gasteiger partial charge in [0.15, 0.2) is 0 Å². The van der Waals surface area contributed by atoms with E-state index in [0.717, 1.165) is 23.9 Å². The topological polar surface area (TPSA) is 93.5 Å². The van der Waals surface area contributed by atoms with Gasteiger partial charge < -0.3 is 14.6 Å². The first-order valence-corrected chi connectivity index (χ1v) is 14.2. The third kappa shape index (κ3) is 5.74. The SMILES string of the molecule is COC(=O)CNC(=O)CCc1nc2ccccc2n(C2C[C@H]3CC[C@@H](C2)N3C2CCCCCCC2)c1=O. The number of aryl methyl sites for hydroxylation is 1. The van der Waals surface area contributed by atoms with E-state index in [9.17, 15) is 14.4 Å². The lowest BCUT2D eigenvalue weighted by molar-refractivity contribution is -0.141. The molecule has 0 spiro atoms. The number of benzene rings is 1.